The van der Waals surface area contributed by atoms with E-state index in [-0.39, 0.29) is 35.8 Å². The summed E-state index contributed by atoms with van der Waals surface area (Å²) in [6, 6.07) is 16.1. The lowest BCUT2D eigenvalue weighted by Crippen LogP contribution is -2.52. The Balaban J connectivity index is 1.31. The van der Waals surface area contributed by atoms with Gasteiger partial charge in [-0.3, -0.25) is 14.4 Å². The summed E-state index contributed by atoms with van der Waals surface area (Å²) in [6.45, 7) is 2.74. The van der Waals surface area contributed by atoms with E-state index in [2.05, 4.69) is 0 Å². The molecule has 156 valence electrons. The second-order valence-corrected chi connectivity index (χ2v) is 7.83. The number of nitrogens with zero attached hydrogens (tertiary/aromatic N) is 3. The zero-order valence-electron chi connectivity index (χ0n) is 16.7. The predicted octanol–water partition coefficient (Wildman–Crippen LogP) is 1.73. The van der Waals surface area contributed by atoms with E-state index in [1.54, 1.807) is 26.8 Å². The fraction of sp³-hybridized carbons (Fsp3) is 0.348. The molecule has 2 aromatic carbocycles. The number of carbonyl (C=O) groups is 3. The van der Waals surface area contributed by atoms with Gasteiger partial charge >= 0.3 is 0 Å². The van der Waals surface area contributed by atoms with Crippen LogP contribution in [0, 0.1) is 5.92 Å². The third-order valence-electron chi connectivity index (χ3n) is 5.75. The Bertz CT molecular complexity index is 938. The van der Waals surface area contributed by atoms with Crippen molar-refractivity contribution in [3.05, 3.63) is 65.7 Å². The van der Waals surface area contributed by atoms with Gasteiger partial charge in [0.2, 0.25) is 11.8 Å². The van der Waals surface area contributed by atoms with Gasteiger partial charge in [-0.15, -0.1) is 0 Å². The van der Waals surface area contributed by atoms with Gasteiger partial charge in [0, 0.05) is 51.3 Å². The molecule has 2 aliphatic rings. The van der Waals surface area contributed by atoms with Crippen LogP contribution in [0.15, 0.2) is 54.6 Å². The number of amides is 3. The summed E-state index contributed by atoms with van der Waals surface area (Å²) in [5, 5.41) is 9.58. The lowest BCUT2D eigenvalue weighted by molar-refractivity contribution is -0.137. The summed E-state index contributed by atoms with van der Waals surface area (Å²) >= 11 is 0. The predicted molar refractivity (Wildman–Crippen MR) is 111 cm³/mol. The Kier molecular flexibility index (Phi) is 5.70. The maximum Gasteiger partial charge on any atom is 0.254 e. The van der Waals surface area contributed by atoms with Crippen LogP contribution >= 0.6 is 0 Å². The molecule has 0 saturated carbocycles. The zero-order chi connectivity index (χ0) is 21.1. The zero-order valence-corrected chi connectivity index (χ0v) is 16.7. The van der Waals surface area contributed by atoms with Crippen LogP contribution in [0.5, 0.6) is 5.75 Å². The average molecular weight is 407 g/mol. The van der Waals surface area contributed by atoms with Crippen molar-refractivity contribution in [1.82, 2.24) is 14.7 Å². The summed E-state index contributed by atoms with van der Waals surface area (Å²) in [4.78, 5) is 43.1. The molecule has 1 unspecified atom stereocenters. The standard InChI is InChI=1S/C23H25N3O4/c27-20-8-4-7-18(13-20)22(29)24-9-11-25(12-10-24)23(30)19-14-21(28)26(16-19)15-17-5-2-1-3-6-17/h1-8,13,19,27H,9-12,14-16H2. The van der Waals surface area contributed by atoms with E-state index >= 15 is 0 Å². The van der Waals surface area contributed by atoms with Gasteiger partial charge in [-0.05, 0) is 23.8 Å². The molecule has 3 amide bonds. The maximum absolute atomic E-state index is 12.9. The number of rotatable bonds is 4. The largest absolute Gasteiger partial charge is 0.508 e. The topological polar surface area (TPSA) is 81.2 Å². The molecule has 0 radical (unpaired) electrons. The second kappa shape index (κ2) is 8.57. The van der Waals surface area contributed by atoms with Crippen LogP contribution in [0.3, 0.4) is 0 Å². The molecule has 30 heavy (non-hydrogen) atoms. The molecule has 2 fully saturated rings. The third-order valence-corrected chi connectivity index (χ3v) is 5.75. The van der Waals surface area contributed by atoms with Gasteiger partial charge in [0.25, 0.3) is 5.91 Å². The summed E-state index contributed by atoms with van der Waals surface area (Å²) < 4.78 is 0. The molecule has 4 rings (SSSR count). The minimum Gasteiger partial charge on any atom is -0.508 e. The van der Waals surface area contributed by atoms with E-state index in [9.17, 15) is 19.5 Å². The number of aromatic hydroxyl groups is 1. The fourth-order valence-electron chi connectivity index (χ4n) is 4.10. The van der Waals surface area contributed by atoms with Gasteiger partial charge in [0.1, 0.15) is 5.75 Å². The van der Waals surface area contributed by atoms with Crippen LogP contribution < -0.4 is 0 Å². The van der Waals surface area contributed by atoms with Crippen LogP contribution in [0.4, 0.5) is 0 Å². The van der Waals surface area contributed by atoms with Gasteiger partial charge in [0.15, 0.2) is 0 Å². The molecule has 2 aromatic rings. The van der Waals surface area contributed by atoms with Crippen molar-refractivity contribution in [2.45, 2.75) is 13.0 Å². The molecule has 0 bridgehead atoms. The molecule has 0 spiro atoms. The number of hydrogen-bond acceptors (Lipinski definition) is 4. The quantitative estimate of drug-likeness (QED) is 0.837. The Hall–Kier alpha value is -3.35. The summed E-state index contributed by atoms with van der Waals surface area (Å²) in [5.74, 6) is -0.420. The van der Waals surface area contributed by atoms with Gasteiger partial charge in [-0.25, -0.2) is 0 Å². The highest BCUT2D eigenvalue weighted by Gasteiger charge is 2.37. The van der Waals surface area contributed by atoms with Gasteiger partial charge in [0.05, 0.1) is 5.92 Å². The number of phenolic OH excluding ortho intramolecular Hbond substituents is 1. The number of piperazine rings is 1. The maximum atomic E-state index is 12.9. The molecule has 1 atom stereocenters. The smallest absolute Gasteiger partial charge is 0.254 e. The molecule has 2 aliphatic heterocycles. The molecule has 0 aliphatic carbocycles. The van der Waals surface area contributed by atoms with E-state index in [4.69, 9.17) is 0 Å². The van der Waals surface area contributed by atoms with Crippen molar-refractivity contribution in [2.24, 2.45) is 5.92 Å². The van der Waals surface area contributed by atoms with E-state index in [0.717, 1.165) is 5.56 Å². The van der Waals surface area contributed by atoms with Crippen molar-refractivity contribution in [1.29, 1.82) is 0 Å². The van der Waals surface area contributed by atoms with Crippen LogP contribution in [-0.4, -0.2) is 70.3 Å². The third kappa shape index (κ3) is 4.30. The number of phenols is 1. The van der Waals surface area contributed by atoms with Crippen LogP contribution in [0.2, 0.25) is 0 Å². The summed E-state index contributed by atoms with van der Waals surface area (Å²) in [5.41, 5.74) is 1.49. The molecule has 1 N–H and O–H groups in total. The molecular weight excluding hydrogens is 382 g/mol. The number of carbonyl (C=O) groups excluding carboxylic acids is 3. The van der Waals surface area contributed by atoms with Crippen molar-refractivity contribution in [2.75, 3.05) is 32.7 Å². The first-order valence-corrected chi connectivity index (χ1v) is 10.2. The highest BCUT2D eigenvalue weighted by atomic mass is 16.3. The lowest BCUT2D eigenvalue weighted by Gasteiger charge is -2.36. The molecule has 7 heteroatoms. The minimum atomic E-state index is -0.325. The van der Waals surface area contributed by atoms with Crippen molar-refractivity contribution in [3.8, 4) is 5.75 Å². The monoisotopic (exact) mass is 407 g/mol. The summed E-state index contributed by atoms with van der Waals surface area (Å²) in [6.07, 6.45) is 0.244. The van der Waals surface area contributed by atoms with E-state index in [1.165, 1.54) is 12.1 Å². The Labute approximate surface area is 175 Å². The second-order valence-electron chi connectivity index (χ2n) is 7.83. The highest BCUT2D eigenvalue weighted by molar-refractivity contribution is 5.95. The first-order chi connectivity index (χ1) is 14.5. The molecule has 7 nitrogen and oxygen atoms in total. The SMILES string of the molecule is O=C1CC(C(=O)N2CCN(C(=O)c3cccc(O)c3)CC2)CN1Cc1ccccc1. The summed E-state index contributed by atoms with van der Waals surface area (Å²) in [7, 11) is 0. The average Bonchev–Trinajstić information content (AvgIpc) is 3.13. The molecule has 2 heterocycles. The Morgan fingerprint density at radius 2 is 1.63 bits per heavy atom. The van der Waals surface area contributed by atoms with Gasteiger partial charge in [-0.1, -0.05) is 36.4 Å². The first-order valence-electron chi connectivity index (χ1n) is 10.2. The van der Waals surface area contributed by atoms with Crippen LogP contribution in [-0.2, 0) is 16.1 Å². The Morgan fingerprint density at radius 3 is 2.33 bits per heavy atom. The minimum absolute atomic E-state index is 0.00917. The van der Waals surface area contributed by atoms with Crippen molar-refractivity contribution < 1.29 is 19.5 Å². The van der Waals surface area contributed by atoms with Gasteiger partial charge < -0.3 is 19.8 Å². The van der Waals surface area contributed by atoms with Crippen LogP contribution in [0.1, 0.15) is 22.3 Å². The van der Waals surface area contributed by atoms with E-state index in [0.29, 0.717) is 44.8 Å². The number of hydrogen-bond donors (Lipinski definition) is 1. The molecular formula is C23H25N3O4. The normalized spacial score (nSPS) is 19.3. The Morgan fingerprint density at radius 1 is 0.933 bits per heavy atom. The molecule has 0 aromatic heterocycles. The molecule has 2 saturated heterocycles. The number of benzene rings is 2. The van der Waals surface area contributed by atoms with E-state index in [1.807, 2.05) is 30.3 Å². The van der Waals surface area contributed by atoms with Crippen LogP contribution in [0.25, 0.3) is 0 Å². The fourth-order valence-corrected chi connectivity index (χ4v) is 4.10. The van der Waals surface area contributed by atoms with Crippen molar-refractivity contribution >= 4 is 17.7 Å². The first kappa shape index (κ1) is 19.9. The van der Waals surface area contributed by atoms with Gasteiger partial charge in [-0.2, -0.15) is 0 Å². The number of likely N-dealkylation sites (tertiary alicyclic amines) is 1. The lowest BCUT2D eigenvalue weighted by atomic mass is 10.1. The van der Waals surface area contributed by atoms with Crippen molar-refractivity contribution in [3.63, 3.8) is 0 Å². The highest BCUT2D eigenvalue weighted by Crippen LogP contribution is 2.23. The van der Waals surface area contributed by atoms with E-state index < -0.39 is 0 Å².